The van der Waals surface area contributed by atoms with Gasteiger partial charge in [-0.05, 0) is 31.5 Å². The Bertz CT molecular complexity index is 942. The van der Waals surface area contributed by atoms with Gasteiger partial charge in [-0.15, -0.1) is 10.2 Å². The Morgan fingerprint density at radius 3 is 2.46 bits per heavy atom. The van der Waals surface area contributed by atoms with Crippen molar-refractivity contribution >= 4 is 46.5 Å². The Hall–Kier alpha value is -2.23. The van der Waals surface area contributed by atoms with E-state index in [9.17, 15) is 4.79 Å². The summed E-state index contributed by atoms with van der Waals surface area (Å²) in [5, 5.41) is 12.5. The minimum absolute atomic E-state index is 0.178. The minimum Gasteiger partial charge on any atom is -0.272 e. The molecule has 9 heteroatoms. The van der Waals surface area contributed by atoms with Crippen molar-refractivity contribution in [1.82, 2.24) is 20.6 Å². The first-order valence-electron chi connectivity index (χ1n) is 8.48. The van der Waals surface area contributed by atoms with Crippen LogP contribution in [-0.2, 0) is 10.5 Å². The molecule has 1 aromatic carbocycles. The maximum atomic E-state index is 12.0. The average Bonchev–Trinajstić information content (AvgIpc) is 3.18. The molecule has 1 amide bonds. The molecule has 0 fully saturated rings. The topological polar surface area (TPSA) is 80.1 Å². The van der Waals surface area contributed by atoms with E-state index in [2.05, 4.69) is 56.9 Å². The van der Waals surface area contributed by atoms with E-state index in [0.717, 1.165) is 25.7 Å². The van der Waals surface area contributed by atoms with E-state index < -0.39 is 0 Å². The molecule has 1 N–H and O–H groups in total. The zero-order valence-electron chi connectivity index (χ0n) is 15.5. The monoisotopic (exact) mass is 429 g/mol. The number of benzene rings is 1. The van der Waals surface area contributed by atoms with Crippen LogP contribution in [0.3, 0.4) is 0 Å². The largest absolute Gasteiger partial charge is 0.272 e. The molecule has 0 radical (unpaired) electrons. The van der Waals surface area contributed by atoms with Crippen LogP contribution in [0.15, 0.2) is 62.6 Å². The van der Waals surface area contributed by atoms with Crippen molar-refractivity contribution < 1.29 is 4.79 Å². The number of amides is 1. The molecule has 3 rings (SSSR count). The number of carbonyl (C=O) groups is 1. The van der Waals surface area contributed by atoms with Gasteiger partial charge in [0.2, 0.25) is 0 Å². The van der Waals surface area contributed by atoms with Crippen LogP contribution in [0.1, 0.15) is 23.6 Å². The first kappa shape index (κ1) is 20.5. The summed E-state index contributed by atoms with van der Waals surface area (Å²) in [6.45, 7) is 3.91. The number of carbonyl (C=O) groups excluding carboxylic acids is 1. The lowest BCUT2D eigenvalue weighted by Gasteiger charge is -2.01. The number of thioether (sulfide) groups is 2. The molecule has 0 aliphatic carbocycles. The molecular weight excluding hydrogens is 410 g/mol. The van der Waals surface area contributed by atoms with Gasteiger partial charge in [0.25, 0.3) is 5.91 Å². The number of aryl methyl sites for hydroxylation is 1. The first-order valence-corrected chi connectivity index (χ1v) is 11.3. The lowest BCUT2D eigenvalue weighted by atomic mass is 10.2. The summed E-state index contributed by atoms with van der Waals surface area (Å²) in [7, 11) is 0. The summed E-state index contributed by atoms with van der Waals surface area (Å²) >= 11 is 4.51. The molecule has 0 saturated heterocycles. The predicted molar refractivity (Wildman–Crippen MR) is 116 cm³/mol. The second-order valence-corrected chi connectivity index (χ2v) is 9.29. The highest BCUT2D eigenvalue weighted by Gasteiger charge is 2.09. The zero-order valence-corrected chi connectivity index (χ0v) is 17.9. The standard InChI is InChI=1S/C19H19N5OS3/c1-13-3-5-15(6-4-13)11-26-18-23-24-19(28-18)27-12-17(25)22-21-14(2)16-7-9-20-10-8-16/h3-10H,11-12H2,1-2H3,(H,22,25). The van der Waals surface area contributed by atoms with Crippen molar-refractivity contribution in [2.75, 3.05) is 5.75 Å². The van der Waals surface area contributed by atoms with Gasteiger partial charge >= 0.3 is 0 Å². The van der Waals surface area contributed by atoms with Gasteiger partial charge in [-0.3, -0.25) is 9.78 Å². The number of aromatic nitrogens is 3. The third-order valence-electron chi connectivity index (χ3n) is 3.64. The second-order valence-electron chi connectivity index (χ2n) is 5.86. The normalized spacial score (nSPS) is 11.4. The Balaban J connectivity index is 1.43. The lowest BCUT2D eigenvalue weighted by molar-refractivity contribution is -0.118. The van der Waals surface area contributed by atoms with Gasteiger partial charge in [0.1, 0.15) is 0 Å². The fourth-order valence-corrected chi connectivity index (χ4v) is 4.87. The third-order valence-corrected chi connectivity index (χ3v) is 6.91. The highest BCUT2D eigenvalue weighted by atomic mass is 32.2. The maximum Gasteiger partial charge on any atom is 0.250 e. The van der Waals surface area contributed by atoms with Crippen LogP contribution in [0.4, 0.5) is 0 Å². The van der Waals surface area contributed by atoms with E-state index in [4.69, 9.17) is 0 Å². The number of rotatable bonds is 8. The molecule has 0 aliphatic heterocycles. The molecular formula is C19H19N5OS3. The van der Waals surface area contributed by atoms with Crippen molar-refractivity contribution in [1.29, 1.82) is 0 Å². The average molecular weight is 430 g/mol. The molecule has 3 aromatic rings. The van der Waals surface area contributed by atoms with Crippen molar-refractivity contribution in [3.05, 3.63) is 65.5 Å². The van der Waals surface area contributed by atoms with Crippen LogP contribution in [0.5, 0.6) is 0 Å². The van der Waals surface area contributed by atoms with Gasteiger partial charge in [0, 0.05) is 23.7 Å². The van der Waals surface area contributed by atoms with Gasteiger partial charge in [-0.1, -0.05) is 64.7 Å². The molecule has 0 aliphatic rings. The van der Waals surface area contributed by atoms with Gasteiger partial charge in [-0.25, -0.2) is 5.43 Å². The molecule has 0 spiro atoms. The summed E-state index contributed by atoms with van der Waals surface area (Å²) in [5.74, 6) is 0.912. The summed E-state index contributed by atoms with van der Waals surface area (Å²) in [4.78, 5) is 16.0. The molecule has 144 valence electrons. The number of hydrazone groups is 1. The van der Waals surface area contributed by atoms with Crippen LogP contribution in [0, 0.1) is 6.92 Å². The number of nitrogens with one attached hydrogen (secondary N) is 1. The molecule has 28 heavy (non-hydrogen) atoms. The molecule has 0 atom stereocenters. The first-order chi connectivity index (χ1) is 13.6. The van der Waals surface area contributed by atoms with Crippen LogP contribution >= 0.6 is 34.9 Å². The van der Waals surface area contributed by atoms with Crippen LogP contribution < -0.4 is 5.43 Å². The van der Waals surface area contributed by atoms with E-state index >= 15 is 0 Å². The third kappa shape index (κ3) is 6.43. The highest BCUT2D eigenvalue weighted by Crippen LogP contribution is 2.30. The van der Waals surface area contributed by atoms with Crippen molar-refractivity contribution in [2.24, 2.45) is 5.10 Å². The molecule has 0 saturated carbocycles. The SMILES string of the molecule is CC(=NNC(=O)CSc1nnc(SCc2ccc(C)cc2)s1)c1ccncc1. The van der Waals surface area contributed by atoms with Gasteiger partial charge in [0.15, 0.2) is 8.68 Å². The van der Waals surface area contributed by atoms with Gasteiger partial charge in [0.05, 0.1) is 11.5 Å². The Morgan fingerprint density at radius 1 is 1.07 bits per heavy atom. The summed E-state index contributed by atoms with van der Waals surface area (Å²) < 4.78 is 1.67. The van der Waals surface area contributed by atoms with Gasteiger partial charge < -0.3 is 0 Å². The maximum absolute atomic E-state index is 12.0. The fraction of sp³-hybridized carbons (Fsp3) is 0.211. The van der Waals surface area contributed by atoms with Crippen LogP contribution in [-0.4, -0.2) is 32.6 Å². The molecule has 2 heterocycles. The predicted octanol–water partition coefficient (Wildman–Crippen LogP) is 4.17. The summed E-state index contributed by atoms with van der Waals surface area (Å²) in [5.41, 5.74) is 6.72. The van der Waals surface area contributed by atoms with Crippen molar-refractivity contribution in [2.45, 2.75) is 28.3 Å². The van der Waals surface area contributed by atoms with Crippen molar-refractivity contribution in [3.8, 4) is 0 Å². The minimum atomic E-state index is -0.178. The van der Waals surface area contributed by atoms with Crippen LogP contribution in [0.25, 0.3) is 0 Å². The second kappa shape index (κ2) is 10.4. The number of hydrogen-bond acceptors (Lipinski definition) is 8. The Morgan fingerprint density at radius 2 is 1.75 bits per heavy atom. The van der Waals surface area contributed by atoms with E-state index in [1.165, 1.54) is 34.2 Å². The molecule has 6 nitrogen and oxygen atoms in total. The quantitative estimate of drug-likeness (QED) is 0.329. The van der Waals surface area contributed by atoms with Crippen LogP contribution in [0.2, 0.25) is 0 Å². The highest BCUT2D eigenvalue weighted by molar-refractivity contribution is 8.03. The van der Waals surface area contributed by atoms with E-state index in [1.807, 2.05) is 19.1 Å². The smallest absolute Gasteiger partial charge is 0.250 e. The summed E-state index contributed by atoms with van der Waals surface area (Å²) in [6.07, 6.45) is 3.38. The van der Waals surface area contributed by atoms with Crippen molar-refractivity contribution in [3.63, 3.8) is 0 Å². The van der Waals surface area contributed by atoms with E-state index in [1.54, 1.807) is 24.2 Å². The zero-order chi connectivity index (χ0) is 19.8. The van der Waals surface area contributed by atoms with E-state index in [0.29, 0.717) is 0 Å². The number of pyridine rings is 1. The number of hydrogen-bond donors (Lipinski definition) is 1. The number of nitrogens with zero attached hydrogens (tertiary/aromatic N) is 4. The Labute approximate surface area is 176 Å². The van der Waals surface area contributed by atoms with E-state index in [-0.39, 0.29) is 11.7 Å². The molecule has 0 bridgehead atoms. The fourth-order valence-electron chi connectivity index (χ4n) is 2.11. The summed E-state index contributed by atoms with van der Waals surface area (Å²) in [6, 6.07) is 12.1. The molecule has 2 aromatic heterocycles. The van der Waals surface area contributed by atoms with Gasteiger partial charge in [-0.2, -0.15) is 5.10 Å². The lowest BCUT2D eigenvalue weighted by Crippen LogP contribution is -2.21. The Kier molecular flexibility index (Phi) is 7.58. The molecule has 0 unspecified atom stereocenters.